The number of hydrogen-bond donors (Lipinski definition) is 3. The molecule has 0 aliphatic rings. The summed E-state index contributed by atoms with van der Waals surface area (Å²) in [5.41, 5.74) is 10.2. The van der Waals surface area contributed by atoms with Gasteiger partial charge in [0.15, 0.2) is 5.13 Å². The normalized spacial score (nSPS) is 10.6. The van der Waals surface area contributed by atoms with Crippen LogP contribution in [0, 0.1) is 0 Å². The molecule has 0 saturated heterocycles. The number of nitrogen functional groups attached to an aromatic ring is 1. The maximum Gasteiger partial charge on any atom is 0.337 e. The number of amides is 1. The van der Waals surface area contributed by atoms with E-state index < -0.39 is 5.97 Å². The zero-order valence-corrected chi connectivity index (χ0v) is 21.2. The summed E-state index contributed by atoms with van der Waals surface area (Å²) in [6.07, 6.45) is 0. The highest BCUT2D eigenvalue weighted by Crippen LogP contribution is 2.39. The number of anilines is 4. The highest BCUT2D eigenvalue weighted by Gasteiger charge is 2.16. The quantitative estimate of drug-likeness (QED) is 0.213. The number of nitrogens with zero attached hydrogens (tertiary/aromatic N) is 2. The number of methoxy groups -OCH3 is 1. The Morgan fingerprint density at radius 1 is 0.892 bits per heavy atom. The lowest BCUT2D eigenvalue weighted by Crippen LogP contribution is -2.11. The first-order chi connectivity index (χ1) is 18.0. The number of hydrogen-bond acceptors (Lipinski definition) is 9. The van der Waals surface area contributed by atoms with Crippen molar-refractivity contribution >= 4 is 56.9 Å². The molecule has 0 unspecified atom stereocenters. The van der Waals surface area contributed by atoms with Gasteiger partial charge in [-0.15, -0.1) is 11.3 Å². The number of ether oxygens (including phenoxy) is 1. The maximum atomic E-state index is 12.5. The number of thiazole rings is 2. The lowest BCUT2D eigenvalue weighted by molar-refractivity contribution is 0.0600. The zero-order valence-electron chi connectivity index (χ0n) is 19.6. The third-order valence-corrected chi connectivity index (χ3v) is 7.32. The average Bonchev–Trinajstić information content (AvgIpc) is 3.55. The van der Waals surface area contributed by atoms with E-state index in [0.717, 1.165) is 21.1 Å². The molecule has 2 heterocycles. The van der Waals surface area contributed by atoms with Crippen LogP contribution in [0.5, 0.6) is 0 Å². The molecule has 5 aromatic rings. The highest BCUT2D eigenvalue weighted by atomic mass is 32.1. The minimum atomic E-state index is -0.415. The summed E-state index contributed by atoms with van der Waals surface area (Å²) in [5, 5.41) is 9.38. The molecule has 0 saturated carbocycles. The van der Waals surface area contributed by atoms with Gasteiger partial charge in [-0.3, -0.25) is 4.79 Å². The Kier molecular flexibility index (Phi) is 6.93. The number of carbonyl (C=O) groups excluding carboxylic acids is 2. The van der Waals surface area contributed by atoms with Crippen LogP contribution in [-0.2, 0) is 4.74 Å². The van der Waals surface area contributed by atoms with Gasteiger partial charge in [0.05, 0.1) is 18.4 Å². The minimum Gasteiger partial charge on any atom is -0.465 e. The Morgan fingerprint density at radius 3 is 2.46 bits per heavy atom. The van der Waals surface area contributed by atoms with Gasteiger partial charge in [0, 0.05) is 27.9 Å². The molecule has 2 aromatic heterocycles. The summed E-state index contributed by atoms with van der Waals surface area (Å²) in [5.74, 6) is -0.227. The van der Waals surface area contributed by atoms with Crippen molar-refractivity contribution in [3.8, 4) is 21.1 Å². The van der Waals surface area contributed by atoms with Gasteiger partial charge in [0.1, 0.15) is 15.7 Å². The summed E-state index contributed by atoms with van der Waals surface area (Å²) < 4.78 is 4.78. The van der Waals surface area contributed by atoms with Crippen LogP contribution in [0.2, 0.25) is 0 Å². The van der Waals surface area contributed by atoms with Crippen molar-refractivity contribution in [3.05, 3.63) is 95.4 Å². The second kappa shape index (κ2) is 10.6. The summed E-state index contributed by atoms with van der Waals surface area (Å²) in [6, 6.07) is 23.6. The summed E-state index contributed by atoms with van der Waals surface area (Å²) in [4.78, 5) is 34.3. The molecule has 0 fully saturated rings. The van der Waals surface area contributed by atoms with E-state index in [4.69, 9.17) is 15.5 Å². The number of aromatic nitrogens is 2. The number of nitrogens with one attached hydrogen (secondary N) is 2. The van der Waals surface area contributed by atoms with E-state index in [9.17, 15) is 9.59 Å². The first-order valence-electron chi connectivity index (χ1n) is 11.1. The third kappa shape index (κ3) is 5.50. The van der Waals surface area contributed by atoms with Crippen molar-refractivity contribution in [2.75, 3.05) is 23.5 Å². The number of carbonyl (C=O) groups is 2. The number of benzene rings is 3. The fourth-order valence-electron chi connectivity index (χ4n) is 3.56. The standard InChI is InChI=1S/C27H21N5O3S2/c1-35-26(34)18-10-6-12-20(14-18)30-27-32-23(28)22(37-27)25-31-21(15-36-25)17-9-5-11-19(13-17)29-24(33)16-7-3-2-4-8-16/h2-15H,28H2,1H3,(H,29,33)(H,30,32). The largest absolute Gasteiger partial charge is 0.465 e. The van der Waals surface area contributed by atoms with E-state index in [1.807, 2.05) is 53.9 Å². The van der Waals surface area contributed by atoms with Crippen molar-refractivity contribution in [1.29, 1.82) is 0 Å². The van der Waals surface area contributed by atoms with Crippen LogP contribution in [0.15, 0.2) is 84.2 Å². The first kappa shape index (κ1) is 24.2. The summed E-state index contributed by atoms with van der Waals surface area (Å²) in [7, 11) is 1.34. The molecule has 0 bridgehead atoms. The Bertz CT molecular complexity index is 1580. The molecule has 0 aliphatic heterocycles. The monoisotopic (exact) mass is 527 g/mol. The van der Waals surface area contributed by atoms with E-state index in [0.29, 0.717) is 33.5 Å². The molecular formula is C27H21N5O3S2. The molecule has 0 atom stereocenters. The smallest absolute Gasteiger partial charge is 0.337 e. The van der Waals surface area contributed by atoms with E-state index >= 15 is 0 Å². The van der Waals surface area contributed by atoms with Gasteiger partial charge in [0.25, 0.3) is 5.91 Å². The molecule has 3 aromatic carbocycles. The number of rotatable bonds is 7. The Labute approximate surface area is 220 Å². The second-order valence-electron chi connectivity index (χ2n) is 7.87. The van der Waals surface area contributed by atoms with Gasteiger partial charge < -0.3 is 21.1 Å². The zero-order chi connectivity index (χ0) is 25.8. The maximum absolute atomic E-state index is 12.5. The molecule has 37 heavy (non-hydrogen) atoms. The molecule has 0 radical (unpaired) electrons. The average molecular weight is 528 g/mol. The molecule has 10 heteroatoms. The van der Waals surface area contributed by atoms with Crippen LogP contribution in [0.4, 0.5) is 22.3 Å². The van der Waals surface area contributed by atoms with Crippen molar-refractivity contribution in [3.63, 3.8) is 0 Å². The Morgan fingerprint density at radius 2 is 1.65 bits per heavy atom. The molecule has 4 N–H and O–H groups in total. The van der Waals surface area contributed by atoms with Gasteiger partial charge in [-0.05, 0) is 42.5 Å². The van der Waals surface area contributed by atoms with Crippen LogP contribution in [0.25, 0.3) is 21.1 Å². The highest BCUT2D eigenvalue weighted by molar-refractivity contribution is 7.23. The van der Waals surface area contributed by atoms with Crippen LogP contribution < -0.4 is 16.4 Å². The molecule has 8 nitrogen and oxygen atoms in total. The lowest BCUT2D eigenvalue weighted by atomic mass is 10.1. The number of nitrogens with two attached hydrogens (primary N) is 1. The van der Waals surface area contributed by atoms with E-state index in [-0.39, 0.29) is 5.91 Å². The summed E-state index contributed by atoms with van der Waals surface area (Å²) in [6.45, 7) is 0. The molecule has 1 amide bonds. The second-order valence-corrected chi connectivity index (χ2v) is 9.73. The first-order valence-corrected chi connectivity index (χ1v) is 12.8. The van der Waals surface area contributed by atoms with Gasteiger partial charge in [-0.2, -0.15) is 0 Å². The number of esters is 1. The van der Waals surface area contributed by atoms with Gasteiger partial charge in [-0.1, -0.05) is 47.7 Å². The van der Waals surface area contributed by atoms with Crippen LogP contribution in [-0.4, -0.2) is 29.0 Å². The third-order valence-electron chi connectivity index (χ3n) is 5.34. The van der Waals surface area contributed by atoms with Crippen LogP contribution >= 0.6 is 22.7 Å². The molecule has 0 spiro atoms. The van der Waals surface area contributed by atoms with Gasteiger partial charge in [-0.25, -0.2) is 14.8 Å². The van der Waals surface area contributed by atoms with Crippen molar-refractivity contribution in [1.82, 2.24) is 9.97 Å². The van der Waals surface area contributed by atoms with Crippen LogP contribution in [0.3, 0.4) is 0 Å². The van der Waals surface area contributed by atoms with E-state index in [1.165, 1.54) is 29.8 Å². The van der Waals surface area contributed by atoms with Crippen LogP contribution in [0.1, 0.15) is 20.7 Å². The minimum absolute atomic E-state index is 0.175. The molecule has 184 valence electrons. The Hall–Kier alpha value is -4.54. The molecular weight excluding hydrogens is 506 g/mol. The van der Waals surface area contributed by atoms with Crippen molar-refractivity contribution in [2.45, 2.75) is 0 Å². The topological polar surface area (TPSA) is 119 Å². The van der Waals surface area contributed by atoms with Gasteiger partial charge >= 0.3 is 5.97 Å². The lowest BCUT2D eigenvalue weighted by Gasteiger charge is -2.06. The SMILES string of the molecule is COC(=O)c1cccc(Nc2nc(N)c(-c3nc(-c4cccc(NC(=O)c5ccccc5)c4)cs3)s2)c1. The summed E-state index contributed by atoms with van der Waals surface area (Å²) >= 11 is 2.83. The van der Waals surface area contributed by atoms with E-state index in [2.05, 4.69) is 15.6 Å². The predicted octanol–water partition coefficient (Wildman–Crippen LogP) is 6.30. The predicted molar refractivity (Wildman–Crippen MR) is 149 cm³/mol. The van der Waals surface area contributed by atoms with Gasteiger partial charge in [0.2, 0.25) is 0 Å². The van der Waals surface area contributed by atoms with Crippen molar-refractivity contribution in [2.24, 2.45) is 0 Å². The van der Waals surface area contributed by atoms with Crippen molar-refractivity contribution < 1.29 is 14.3 Å². The van der Waals surface area contributed by atoms with E-state index in [1.54, 1.807) is 30.3 Å². The molecule has 0 aliphatic carbocycles. The molecule has 5 rings (SSSR count). The fraction of sp³-hybridized carbons (Fsp3) is 0.0370. The Balaban J connectivity index is 1.33. The fourth-order valence-corrected chi connectivity index (χ4v) is 5.40.